The Morgan fingerprint density at radius 1 is 0.466 bits per heavy atom. The van der Waals surface area contributed by atoms with Crippen molar-refractivity contribution in [1.82, 2.24) is 4.57 Å². The van der Waals surface area contributed by atoms with E-state index in [9.17, 15) is 14.9 Å². The van der Waals surface area contributed by atoms with Crippen molar-refractivity contribution >= 4 is 45.0 Å². The van der Waals surface area contributed by atoms with Gasteiger partial charge in [-0.15, -0.1) is 0 Å². The molecule has 0 spiro atoms. The van der Waals surface area contributed by atoms with Crippen LogP contribution in [0.3, 0.4) is 0 Å². The van der Waals surface area contributed by atoms with E-state index in [2.05, 4.69) is 27.6 Å². The molecule has 9 aromatic rings. The second-order valence-corrected chi connectivity index (χ2v) is 14.3. The van der Waals surface area contributed by atoms with Crippen molar-refractivity contribution in [2.75, 3.05) is 4.90 Å². The molecule has 8 aromatic carbocycles. The molecule has 10 rings (SSSR count). The van der Waals surface area contributed by atoms with Crippen molar-refractivity contribution in [2.24, 2.45) is 0 Å². The van der Waals surface area contributed by atoms with Gasteiger partial charge >= 0.3 is 0 Å². The lowest BCUT2D eigenvalue weighted by Crippen LogP contribution is -2.30. The predicted octanol–water partition coefficient (Wildman–Crippen LogP) is 12.7. The van der Waals surface area contributed by atoms with Gasteiger partial charge in [0.2, 0.25) is 0 Å². The zero-order valence-electron chi connectivity index (χ0n) is 30.9. The van der Waals surface area contributed by atoms with Gasteiger partial charge in [-0.3, -0.25) is 9.59 Å². The molecule has 0 aliphatic carbocycles. The monoisotopic (exact) mass is 742 g/mol. The van der Waals surface area contributed by atoms with Crippen molar-refractivity contribution in [2.45, 2.75) is 0 Å². The van der Waals surface area contributed by atoms with Crippen LogP contribution in [-0.4, -0.2) is 16.4 Å². The molecule has 0 radical (unpaired) electrons. The van der Waals surface area contributed by atoms with Gasteiger partial charge in [0.25, 0.3) is 11.8 Å². The van der Waals surface area contributed by atoms with Gasteiger partial charge in [-0.2, -0.15) is 5.26 Å². The number of hydrogen-bond acceptors (Lipinski definition) is 3. The summed E-state index contributed by atoms with van der Waals surface area (Å²) in [7, 11) is 0. The average molecular weight is 743 g/mol. The first kappa shape index (κ1) is 34.2. The van der Waals surface area contributed by atoms with Crippen molar-refractivity contribution in [3.05, 3.63) is 210 Å². The molecule has 58 heavy (non-hydrogen) atoms. The summed E-state index contributed by atoms with van der Waals surface area (Å²) >= 11 is 0. The lowest BCUT2D eigenvalue weighted by molar-refractivity contribution is 0.0926. The molecule has 0 unspecified atom stereocenters. The summed E-state index contributed by atoms with van der Waals surface area (Å²) in [6, 6.07) is 61.0. The van der Waals surface area contributed by atoms with Crippen LogP contribution in [0.4, 0.5) is 11.4 Å². The summed E-state index contributed by atoms with van der Waals surface area (Å²) in [5.74, 6) is -0.776. The van der Waals surface area contributed by atoms with Gasteiger partial charge in [0.05, 0.1) is 51.7 Å². The molecule has 0 fully saturated rings. The van der Waals surface area contributed by atoms with Crippen molar-refractivity contribution in [3.63, 3.8) is 0 Å². The number of hydrogen-bond donors (Lipinski definition) is 0. The molecular formula is C52H30N4O2. The number of aromatic nitrogens is 1. The highest BCUT2D eigenvalue weighted by molar-refractivity contribution is 6.36. The van der Waals surface area contributed by atoms with Crippen LogP contribution in [0.15, 0.2) is 182 Å². The van der Waals surface area contributed by atoms with E-state index in [0.717, 1.165) is 66.3 Å². The first-order valence-corrected chi connectivity index (χ1v) is 18.8. The van der Waals surface area contributed by atoms with E-state index in [-0.39, 0.29) is 5.91 Å². The van der Waals surface area contributed by atoms with Gasteiger partial charge in [-0.1, -0.05) is 115 Å². The predicted molar refractivity (Wildman–Crippen MR) is 231 cm³/mol. The van der Waals surface area contributed by atoms with Gasteiger partial charge in [-0.05, 0) is 106 Å². The van der Waals surface area contributed by atoms with Gasteiger partial charge in [0.1, 0.15) is 0 Å². The minimum Gasteiger partial charge on any atom is -0.308 e. The second kappa shape index (κ2) is 13.8. The van der Waals surface area contributed by atoms with E-state index < -0.39 is 5.91 Å². The van der Waals surface area contributed by atoms with Crippen LogP contribution in [0, 0.1) is 17.9 Å². The van der Waals surface area contributed by atoms with Crippen LogP contribution in [0.2, 0.25) is 0 Å². The molecule has 1 aromatic heterocycles. The first-order chi connectivity index (χ1) is 28.5. The summed E-state index contributed by atoms with van der Waals surface area (Å²) in [5.41, 5.74) is 12.0. The van der Waals surface area contributed by atoms with Crippen molar-refractivity contribution in [3.8, 4) is 56.3 Å². The Morgan fingerprint density at radius 3 is 1.71 bits per heavy atom. The van der Waals surface area contributed by atoms with Crippen LogP contribution < -0.4 is 4.90 Å². The summed E-state index contributed by atoms with van der Waals surface area (Å²) in [6.07, 6.45) is 0. The highest BCUT2D eigenvalue weighted by Gasteiger charge is 2.40. The molecule has 6 heteroatoms. The fraction of sp³-hybridized carbons (Fsp3) is 0. The highest BCUT2D eigenvalue weighted by atomic mass is 16.2. The van der Waals surface area contributed by atoms with E-state index in [4.69, 9.17) is 6.57 Å². The van der Waals surface area contributed by atoms with E-state index in [1.54, 1.807) is 18.2 Å². The zero-order valence-corrected chi connectivity index (χ0v) is 30.9. The minimum atomic E-state index is -0.396. The number of amides is 2. The van der Waals surface area contributed by atoms with Crippen LogP contribution in [-0.2, 0) is 0 Å². The number of fused-ring (bicyclic) bond motifs is 4. The Morgan fingerprint density at radius 2 is 1.03 bits per heavy atom. The lowest BCUT2D eigenvalue weighted by Gasteiger charge is -2.20. The summed E-state index contributed by atoms with van der Waals surface area (Å²) in [6.45, 7) is 7.58. The Hall–Kier alpha value is -8.32. The molecule has 1 aliphatic heterocycles. The SMILES string of the molecule is [C-]#[N+]c1cccc(-c2ccc3c(c2)c2cc(-c4cccc(C#N)c4)ccc2n3-c2cccc3c2C(=O)N(c2ccc(-c4ccccc4)cc2-c2ccccc2)C3=O)c1. The Kier molecular flexibility index (Phi) is 8.11. The average Bonchev–Trinajstić information content (AvgIpc) is 3.75. The summed E-state index contributed by atoms with van der Waals surface area (Å²) in [5, 5.41) is 11.5. The smallest absolute Gasteiger partial charge is 0.268 e. The minimum absolute atomic E-state index is 0.331. The molecule has 0 saturated heterocycles. The van der Waals surface area contributed by atoms with E-state index in [0.29, 0.717) is 33.8 Å². The quantitative estimate of drug-likeness (QED) is 0.126. The molecule has 0 N–H and O–H groups in total. The van der Waals surface area contributed by atoms with Crippen LogP contribution in [0.5, 0.6) is 0 Å². The molecule has 270 valence electrons. The second-order valence-electron chi connectivity index (χ2n) is 14.3. The molecule has 2 amide bonds. The number of carbonyl (C=O) groups is 2. The topological polar surface area (TPSA) is 70.5 Å². The standard InChI is InChI=1S/C52H30N4O2/c1-54-41-18-9-17-37(28-41)40-23-26-48-45(31-40)44-30-39(36-16-8-11-33(27-36)32-53)22-25-47(44)55(48)49-20-10-19-42-50(49)52(58)56(51(42)57)46-24-21-38(34-12-4-2-5-13-34)29-43(46)35-14-6-3-7-15-35/h2-31H. The zero-order chi connectivity index (χ0) is 39.3. The Labute approximate surface area is 334 Å². The highest BCUT2D eigenvalue weighted by Crippen LogP contribution is 2.43. The lowest BCUT2D eigenvalue weighted by atomic mass is 9.97. The van der Waals surface area contributed by atoms with Crippen LogP contribution >= 0.6 is 0 Å². The molecule has 0 atom stereocenters. The molecular weight excluding hydrogens is 713 g/mol. The molecule has 0 bridgehead atoms. The van der Waals surface area contributed by atoms with Gasteiger partial charge < -0.3 is 4.57 Å². The van der Waals surface area contributed by atoms with Crippen molar-refractivity contribution < 1.29 is 9.59 Å². The number of rotatable bonds is 6. The number of nitrogens with zero attached hydrogens (tertiary/aromatic N) is 4. The number of carbonyl (C=O) groups excluding carboxylic acids is 2. The number of imide groups is 1. The maximum absolute atomic E-state index is 15.0. The Balaban J connectivity index is 1.17. The van der Waals surface area contributed by atoms with E-state index >= 15 is 0 Å². The summed E-state index contributed by atoms with van der Waals surface area (Å²) < 4.78 is 2.07. The molecule has 2 heterocycles. The van der Waals surface area contributed by atoms with Gasteiger partial charge in [0, 0.05) is 16.3 Å². The number of benzene rings is 8. The number of anilines is 1. The maximum atomic E-state index is 15.0. The van der Waals surface area contributed by atoms with Crippen LogP contribution in [0.1, 0.15) is 26.3 Å². The third-order valence-electron chi connectivity index (χ3n) is 11.0. The molecule has 1 aliphatic rings. The fourth-order valence-electron chi connectivity index (χ4n) is 8.23. The van der Waals surface area contributed by atoms with E-state index in [1.165, 1.54) is 4.90 Å². The van der Waals surface area contributed by atoms with Gasteiger partial charge in [-0.25, -0.2) is 9.74 Å². The largest absolute Gasteiger partial charge is 0.308 e. The Bertz CT molecular complexity index is 3130. The number of nitriles is 1. The van der Waals surface area contributed by atoms with Crippen molar-refractivity contribution in [1.29, 1.82) is 5.26 Å². The van der Waals surface area contributed by atoms with Gasteiger partial charge in [0.15, 0.2) is 5.69 Å². The normalized spacial score (nSPS) is 12.1. The fourth-order valence-corrected chi connectivity index (χ4v) is 8.23. The third-order valence-corrected chi connectivity index (χ3v) is 11.0. The summed E-state index contributed by atoms with van der Waals surface area (Å²) in [4.78, 5) is 34.5. The van der Waals surface area contributed by atoms with E-state index in [1.807, 2.05) is 152 Å². The maximum Gasteiger partial charge on any atom is 0.268 e. The molecule has 6 nitrogen and oxygen atoms in total. The third kappa shape index (κ3) is 5.56. The molecule has 0 saturated carbocycles. The first-order valence-electron chi connectivity index (χ1n) is 18.8. The van der Waals surface area contributed by atoms with Crippen LogP contribution in [0.25, 0.3) is 76.8 Å².